The highest BCUT2D eigenvalue weighted by atomic mass is 16.3. The van der Waals surface area contributed by atoms with Gasteiger partial charge >= 0.3 is 0 Å². The minimum atomic E-state index is -0.467. The highest BCUT2D eigenvalue weighted by Crippen LogP contribution is 2.50. The minimum absolute atomic E-state index is 0.467. The summed E-state index contributed by atoms with van der Waals surface area (Å²) in [6, 6.07) is 35.3. The van der Waals surface area contributed by atoms with Crippen LogP contribution in [-0.2, 0) is 10.8 Å². The predicted octanol–water partition coefficient (Wildman–Crippen LogP) is 16.4. The highest BCUT2D eigenvalue weighted by Gasteiger charge is 2.37. The number of hydrogen-bond donors (Lipinski definition) is 0. The third kappa shape index (κ3) is 5.23. The summed E-state index contributed by atoms with van der Waals surface area (Å²) < 4.78 is 15.0. The van der Waals surface area contributed by atoms with Crippen LogP contribution in [-0.4, -0.2) is 19.9 Å². The van der Waals surface area contributed by atoms with Crippen molar-refractivity contribution in [3.05, 3.63) is 164 Å². The smallest absolute Gasteiger partial charge is 0.157 e. The minimum Gasteiger partial charge on any atom is -0.452 e. The van der Waals surface area contributed by atoms with Gasteiger partial charge < -0.3 is 8.83 Å². The molecule has 2 aliphatic carbocycles. The fourth-order valence-corrected chi connectivity index (χ4v) is 11.7. The monoisotopic (exact) mass is 884 g/mol. The molecule has 3 heterocycles. The zero-order valence-electron chi connectivity index (χ0n) is 40.8. The van der Waals surface area contributed by atoms with Gasteiger partial charge in [-0.05, 0) is 111 Å². The number of hydrogen-bond acceptors (Lipinski definition) is 6. The second-order valence-electron chi connectivity index (χ2n) is 20.9. The van der Waals surface area contributed by atoms with Gasteiger partial charge in [-0.2, -0.15) is 0 Å². The molecule has 0 fully saturated rings. The lowest BCUT2D eigenvalue weighted by atomic mass is 9.74. The van der Waals surface area contributed by atoms with Crippen molar-refractivity contribution < 1.29 is 8.83 Å². The van der Waals surface area contributed by atoms with Crippen LogP contribution in [0, 0.1) is 55.4 Å². The van der Waals surface area contributed by atoms with Crippen molar-refractivity contribution in [1.29, 1.82) is 0 Å². The second-order valence-corrected chi connectivity index (χ2v) is 20.9. The van der Waals surface area contributed by atoms with E-state index in [1.165, 1.54) is 0 Å². The SMILES string of the molecule is Cc1cc2c3oc4c(cc(C)c(C)c4nc4c5cccc6cccc(c-4nc4c(C)c(C)cc7c4oc4c(cc(C)c(C)c4nc4c8cccc9cccc(c-4nc3c1C)c98)C7(C)C)c65)C2(C)C. The van der Waals surface area contributed by atoms with Crippen molar-refractivity contribution in [2.75, 3.05) is 0 Å². The Balaban J connectivity index is 1.38. The molecule has 13 rings (SSSR count). The van der Waals surface area contributed by atoms with Crippen LogP contribution in [0.4, 0.5) is 0 Å². The van der Waals surface area contributed by atoms with E-state index in [4.69, 9.17) is 28.8 Å². The number of nitrogens with zero attached hydrogens (tertiary/aromatic N) is 4. The van der Waals surface area contributed by atoms with Crippen LogP contribution < -0.4 is 0 Å². The van der Waals surface area contributed by atoms with E-state index in [0.717, 1.165) is 177 Å². The maximum Gasteiger partial charge on any atom is 0.157 e. The van der Waals surface area contributed by atoms with Gasteiger partial charge in [0, 0.05) is 65.4 Å². The van der Waals surface area contributed by atoms with Crippen LogP contribution in [0.15, 0.2) is 106 Å². The van der Waals surface area contributed by atoms with Crippen molar-refractivity contribution in [3.8, 4) is 22.8 Å². The van der Waals surface area contributed by atoms with Gasteiger partial charge in [-0.1, -0.05) is 125 Å². The molecule has 3 aliphatic heterocycles. The third-order valence-corrected chi connectivity index (χ3v) is 16.3. The lowest BCUT2D eigenvalue weighted by Crippen LogP contribution is -2.23. The Bertz CT molecular complexity index is 3760. The molecule has 6 nitrogen and oxygen atoms in total. The summed E-state index contributed by atoms with van der Waals surface area (Å²) in [5.74, 6) is 0. The summed E-state index contributed by atoms with van der Waals surface area (Å²) in [7, 11) is 0. The maximum atomic E-state index is 7.51. The van der Waals surface area contributed by atoms with Crippen molar-refractivity contribution >= 4 is 87.5 Å². The molecule has 0 amide bonds. The molecule has 68 heavy (non-hydrogen) atoms. The molecule has 332 valence electrons. The van der Waals surface area contributed by atoms with Gasteiger partial charge in [0.25, 0.3) is 0 Å². The zero-order valence-corrected chi connectivity index (χ0v) is 40.8. The van der Waals surface area contributed by atoms with Gasteiger partial charge in [0.1, 0.15) is 22.1 Å². The van der Waals surface area contributed by atoms with Gasteiger partial charge in [0.15, 0.2) is 22.3 Å². The Labute approximate surface area is 395 Å². The Morgan fingerprint density at radius 2 is 0.574 bits per heavy atom. The first kappa shape index (κ1) is 40.8. The summed E-state index contributed by atoms with van der Waals surface area (Å²) in [6.45, 7) is 26.7. The number of fused-ring (bicyclic) bond motifs is 6. The first-order chi connectivity index (χ1) is 32.5. The number of rotatable bonds is 0. The summed E-state index contributed by atoms with van der Waals surface area (Å²) in [5.41, 5.74) is 21.7. The van der Waals surface area contributed by atoms with E-state index in [1.807, 2.05) is 0 Å². The summed E-state index contributed by atoms with van der Waals surface area (Å²) in [6.07, 6.45) is 0. The molecule has 0 unspecified atom stereocenters. The number of aromatic nitrogens is 4. The van der Waals surface area contributed by atoms with Gasteiger partial charge in [-0.3, -0.25) is 0 Å². The largest absolute Gasteiger partial charge is 0.452 e. The van der Waals surface area contributed by atoms with Crippen LogP contribution in [0.1, 0.15) is 94.5 Å². The van der Waals surface area contributed by atoms with E-state index in [1.54, 1.807) is 0 Å². The molecule has 0 saturated heterocycles. The quantitative estimate of drug-likeness (QED) is 0.151. The molecule has 8 aromatic carbocycles. The number of benzene rings is 8. The van der Waals surface area contributed by atoms with E-state index < -0.39 is 10.8 Å². The van der Waals surface area contributed by atoms with E-state index in [9.17, 15) is 0 Å². The van der Waals surface area contributed by atoms with Crippen molar-refractivity contribution in [2.24, 2.45) is 0 Å². The Morgan fingerprint density at radius 3 is 0.809 bits per heavy atom. The topological polar surface area (TPSA) is 77.8 Å². The summed E-state index contributed by atoms with van der Waals surface area (Å²) >= 11 is 0. The first-order valence-electron chi connectivity index (χ1n) is 23.9. The van der Waals surface area contributed by atoms with Gasteiger partial charge in [0.05, 0.1) is 22.8 Å². The fraction of sp³-hybridized carbons (Fsp3) is 0.226. The van der Waals surface area contributed by atoms with E-state index in [2.05, 4.69) is 180 Å². The van der Waals surface area contributed by atoms with Gasteiger partial charge in [-0.25, -0.2) is 19.9 Å². The summed E-state index contributed by atoms with van der Waals surface area (Å²) in [5, 5.41) is 8.77. The standard InChI is InChI=1S/C62H52N4O2/c1-29-25-43-57-49(33(29)5)63-53-39-21-13-17-37-18-14-22-40(47(37)39)54(53)64-51-35(7)31(3)27-45-59(51)68-60-46(62(45,11)12)28-32(4)36(8)52(60)66-56-42-24-16-20-38-19-15-23-41(48(38)42)55(56)65-50-34(6)30(2)26-44(58(50)67-57)61(43,9)10/h13-28H,1-12H3. The van der Waals surface area contributed by atoms with Crippen molar-refractivity contribution in [1.82, 2.24) is 19.9 Å². The molecule has 0 radical (unpaired) electrons. The van der Waals surface area contributed by atoms with Crippen LogP contribution in [0.2, 0.25) is 0 Å². The molecule has 6 heteroatoms. The molecule has 0 N–H and O–H groups in total. The molecule has 0 atom stereocenters. The van der Waals surface area contributed by atoms with Gasteiger partial charge in [0.2, 0.25) is 0 Å². The average Bonchev–Trinajstić information content (AvgIpc) is 3.78. The van der Waals surface area contributed by atoms with E-state index >= 15 is 0 Å². The molecule has 0 saturated carbocycles. The van der Waals surface area contributed by atoms with Crippen molar-refractivity contribution in [3.63, 3.8) is 0 Å². The number of aryl methyl sites for hydroxylation is 8. The normalized spacial score (nSPS) is 14.4. The van der Waals surface area contributed by atoms with Crippen molar-refractivity contribution in [2.45, 2.75) is 93.9 Å². The van der Waals surface area contributed by atoms with E-state index in [0.29, 0.717) is 0 Å². The highest BCUT2D eigenvalue weighted by molar-refractivity contribution is 6.23. The average molecular weight is 885 g/mol. The fourth-order valence-electron chi connectivity index (χ4n) is 11.7. The first-order valence-corrected chi connectivity index (χ1v) is 23.9. The Morgan fingerprint density at radius 1 is 0.338 bits per heavy atom. The third-order valence-electron chi connectivity index (χ3n) is 16.3. The van der Waals surface area contributed by atoms with Crippen LogP contribution in [0.3, 0.4) is 0 Å². The Kier molecular flexibility index (Phi) is 8.16. The van der Waals surface area contributed by atoms with Crippen LogP contribution >= 0.6 is 0 Å². The molecular formula is C62H52N4O2. The maximum absolute atomic E-state index is 7.51. The molecule has 0 spiro atoms. The Hall–Kier alpha value is -7.44. The van der Waals surface area contributed by atoms with Crippen LogP contribution in [0.5, 0.6) is 0 Å². The molecule has 4 bridgehead atoms. The zero-order chi connectivity index (χ0) is 47.0. The summed E-state index contributed by atoms with van der Waals surface area (Å²) in [4.78, 5) is 23.4. The van der Waals surface area contributed by atoms with Crippen LogP contribution in [0.25, 0.3) is 110 Å². The molecular weight excluding hydrogens is 833 g/mol. The van der Waals surface area contributed by atoms with E-state index in [-0.39, 0.29) is 0 Å². The molecule has 5 aliphatic rings. The predicted molar refractivity (Wildman–Crippen MR) is 282 cm³/mol. The lowest BCUT2D eigenvalue weighted by Gasteiger charge is -2.31. The molecule has 0 aromatic heterocycles. The lowest BCUT2D eigenvalue weighted by molar-refractivity contribution is 0.557. The van der Waals surface area contributed by atoms with Gasteiger partial charge in [-0.15, -0.1) is 0 Å². The molecule has 8 aromatic rings. The second kappa shape index (κ2) is 13.6.